The second kappa shape index (κ2) is 9.26. The van der Waals surface area contributed by atoms with Crippen LogP contribution < -0.4 is 10.1 Å². The molecule has 8 heteroatoms. The zero-order valence-corrected chi connectivity index (χ0v) is 17.1. The third kappa shape index (κ3) is 4.87. The van der Waals surface area contributed by atoms with Crippen molar-refractivity contribution in [3.63, 3.8) is 0 Å². The molecule has 29 heavy (non-hydrogen) atoms. The van der Waals surface area contributed by atoms with Gasteiger partial charge in [0.25, 0.3) is 5.91 Å². The molecule has 2 aliphatic heterocycles. The van der Waals surface area contributed by atoms with Gasteiger partial charge in [-0.1, -0.05) is 6.92 Å². The van der Waals surface area contributed by atoms with E-state index in [1.165, 1.54) is 7.11 Å². The number of methoxy groups -OCH3 is 1. The van der Waals surface area contributed by atoms with E-state index in [0.29, 0.717) is 36.3 Å². The average Bonchev–Trinajstić information content (AvgIpc) is 2.71. The van der Waals surface area contributed by atoms with Gasteiger partial charge in [-0.2, -0.15) is 0 Å². The van der Waals surface area contributed by atoms with Crippen molar-refractivity contribution in [2.24, 2.45) is 0 Å². The second-order valence-corrected chi connectivity index (χ2v) is 7.46. The van der Waals surface area contributed by atoms with E-state index in [4.69, 9.17) is 14.2 Å². The molecular weight excluding hydrogens is 376 g/mol. The Morgan fingerprint density at radius 3 is 2.83 bits per heavy atom. The molecule has 0 bridgehead atoms. The molecule has 1 aromatic rings. The minimum absolute atomic E-state index is 0.0857. The fraction of sp³-hybridized carbons (Fsp3) is 0.571. The molecule has 2 amide bonds. The van der Waals surface area contributed by atoms with Gasteiger partial charge in [0.15, 0.2) is 0 Å². The van der Waals surface area contributed by atoms with E-state index in [2.05, 4.69) is 5.32 Å². The van der Waals surface area contributed by atoms with Crippen molar-refractivity contribution in [1.82, 2.24) is 4.90 Å². The molecule has 0 spiro atoms. The van der Waals surface area contributed by atoms with Gasteiger partial charge in [-0.15, -0.1) is 0 Å². The van der Waals surface area contributed by atoms with E-state index >= 15 is 0 Å². The third-order valence-corrected chi connectivity index (χ3v) is 5.39. The number of rotatable bonds is 5. The summed E-state index contributed by atoms with van der Waals surface area (Å²) in [4.78, 5) is 38.2. The Morgan fingerprint density at radius 2 is 2.10 bits per heavy atom. The summed E-state index contributed by atoms with van der Waals surface area (Å²) < 4.78 is 16.7. The number of benzene rings is 1. The number of anilines is 1. The first-order valence-electron chi connectivity index (χ1n) is 9.99. The molecule has 1 saturated heterocycles. The summed E-state index contributed by atoms with van der Waals surface area (Å²) in [5.41, 5.74) is 0.986. The van der Waals surface area contributed by atoms with Gasteiger partial charge in [-0.05, 0) is 37.5 Å². The first-order valence-corrected chi connectivity index (χ1v) is 9.99. The number of carbonyl (C=O) groups is 3. The van der Waals surface area contributed by atoms with Crippen LogP contribution >= 0.6 is 0 Å². The lowest BCUT2D eigenvalue weighted by Gasteiger charge is -2.42. The normalized spacial score (nSPS) is 23.8. The lowest BCUT2D eigenvalue weighted by molar-refractivity contribution is -0.151. The van der Waals surface area contributed by atoms with Gasteiger partial charge in [0.2, 0.25) is 5.91 Å². The van der Waals surface area contributed by atoms with Crippen molar-refractivity contribution in [2.45, 2.75) is 57.3 Å². The molecule has 0 unspecified atom stereocenters. The van der Waals surface area contributed by atoms with E-state index in [1.807, 2.05) is 6.92 Å². The van der Waals surface area contributed by atoms with Gasteiger partial charge < -0.3 is 24.4 Å². The SMILES string of the molecule is CCCC(=O)Nc1ccc2c(c1)C(=O)N(C)[C@@H]1CC[C@H](CC(=O)OC)O[C@@H]1CO2. The fourth-order valence-electron chi connectivity index (χ4n) is 3.83. The minimum Gasteiger partial charge on any atom is -0.490 e. The summed E-state index contributed by atoms with van der Waals surface area (Å²) in [7, 11) is 3.11. The fourth-order valence-corrected chi connectivity index (χ4v) is 3.83. The van der Waals surface area contributed by atoms with Crippen LogP contribution in [0.25, 0.3) is 0 Å². The van der Waals surface area contributed by atoms with Gasteiger partial charge in [0.1, 0.15) is 18.5 Å². The topological polar surface area (TPSA) is 94.2 Å². The van der Waals surface area contributed by atoms with Crippen LogP contribution in [0.15, 0.2) is 18.2 Å². The highest BCUT2D eigenvalue weighted by Crippen LogP contribution is 2.32. The van der Waals surface area contributed by atoms with E-state index in [9.17, 15) is 14.4 Å². The monoisotopic (exact) mass is 404 g/mol. The van der Waals surface area contributed by atoms with Gasteiger partial charge in [-0.25, -0.2) is 0 Å². The largest absolute Gasteiger partial charge is 0.490 e. The highest BCUT2D eigenvalue weighted by Gasteiger charge is 2.39. The molecular formula is C21H28N2O6. The Morgan fingerprint density at radius 1 is 1.31 bits per heavy atom. The van der Waals surface area contributed by atoms with Crippen LogP contribution in [0.1, 0.15) is 49.4 Å². The molecule has 2 aliphatic rings. The third-order valence-electron chi connectivity index (χ3n) is 5.39. The van der Waals surface area contributed by atoms with Crippen molar-refractivity contribution in [2.75, 3.05) is 26.1 Å². The average molecular weight is 404 g/mol. The highest BCUT2D eigenvalue weighted by atomic mass is 16.5. The summed E-state index contributed by atoms with van der Waals surface area (Å²) in [6, 6.07) is 4.92. The molecule has 0 aliphatic carbocycles. The number of esters is 1. The maximum Gasteiger partial charge on any atom is 0.308 e. The number of likely N-dealkylation sites (N-methyl/N-ethyl adjacent to an activating group) is 1. The molecule has 3 rings (SSSR count). The summed E-state index contributed by atoms with van der Waals surface area (Å²) in [6.45, 7) is 2.21. The van der Waals surface area contributed by atoms with E-state index in [1.54, 1.807) is 30.1 Å². The number of nitrogens with zero attached hydrogens (tertiary/aromatic N) is 1. The van der Waals surface area contributed by atoms with Crippen LogP contribution in [-0.4, -0.2) is 61.7 Å². The van der Waals surface area contributed by atoms with Crippen LogP contribution in [0.4, 0.5) is 5.69 Å². The van der Waals surface area contributed by atoms with Crippen LogP contribution in [0, 0.1) is 0 Å². The summed E-state index contributed by atoms with van der Waals surface area (Å²) in [6.07, 6.45) is 2.16. The molecule has 1 aromatic carbocycles. The minimum atomic E-state index is -0.329. The van der Waals surface area contributed by atoms with Gasteiger partial charge in [0.05, 0.1) is 31.2 Å². The van der Waals surface area contributed by atoms with Crippen molar-refractivity contribution in [3.05, 3.63) is 23.8 Å². The number of hydrogen-bond acceptors (Lipinski definition) is 6. The van der Waals surface area contributed by atoms with Crippen molar-refractivity contribution in [1.29, 1.82) is 0 Å². The molecule has 158 valence electrons. The summed E-state index contributed by atoms with van der Waals surface area (Å²) in [5, 5.41) is 2.82. The number of fused-ring (bicyclic) bond motifs is 2. The van der Waals surface area contributed by atoms with Crippen LogP contribution in [0.3, 0.4) is 0 Å². The highest BCUT2D eigenvalue weighted by molar-refractivity contribution is 5.99. The lowest BCUT2D eigenvalue weighted by atomic mass is 9.94. The molecule has 1 N–H and O–H groups in total. The van der Waals surface area contributed by atoms with Gasteiger partial charge in [0, 0.05) is 19.2 Å². The predicted octanol–water partition coefficient (Wildman–Crippen LogP) is 2.37. The first-order chi connectivity index (χ1) is 13.9. The Kier molecular flexibility index (Phi) is 6.74. The smallest absolute Gasteiger partial charge is 0.308 e. The van der Waals surface area contributed by atoms with Gasteiger partial charge >= 0.3 is 5.97 Å². The lowest BCUT2D eigenvalue weighted by Crippen LogP contribution is -2.53. The number of carbonyl (C=O) groups excluding carboxylic acids is 3. The first kappa shape index (κ1) is 21.1. The van der Waals surface area contributed by atoms with Gasteiger partial charge in [-0.3, -0.25) is 14.4 Å². The molecule has 1 fully saturated rings. The molecule has 3 atom stereocenters. The van der Waals surface area contributed by atoms with Crippen molar-refractivity contribution < 1.29 is 28.6 Å². The number of hydrogen-bond donors (Lipinski definition) is 1. The van der Waals surface area contributed by atoms with Crippen molar-refractivity contribution in [3.8, 4) is 5.75 Å². The van der Waals surface area contributed by atoms with E-state index in [0.717, 1.165) is 6.42 Å². The van der Waals surface area contributed by atoms with Crippen LogP contribution in [-0.2, 0) is 19.1 Å². The quantitative estimate of drug-likeness (QED) is 0.758. The zero-order valence-electron chi connectivity index (χ0n) is 17.1. The summed E-state index contributed by atoms with van der Waals surface area (Å²) in [5.74, 6) is -0.131. The number of ether oxygens (including phenoxy) is 3. The summed E-state index contributed by atoms with van der Waals surface area (Å²) >= 11 is 0. The van der Waals surface area contributed by atoms with E-state index in [-0.39, 0.29) is 49.1 Å². The number of amides is 2. The Hall–Kier alpha value is -2.61. The van der Waals surface area contributed by atoms with E-state index < -0.39 is 0 Å². The maximum atomic E-state index is 13.1. The van der Waals surface area contributed by atoms with Crippen LogP contribution in [0.5, 0.6) is 5.75 Å². The Balaban J connectivity index is 1.77. The predicted molar refractivity (Wildman–Crippen MR) is 106 cm³/mol. The Bertz CT molecular complexity index is 780. The maximum absolute atomic E-state index is 13.1. The molecule has 2 heterocycles. The second-order valence-electron chi connectivity index (χ2n) is 7.46. The molecule has 0 radical (unpaired) electrons. The Labute approximate surface area is 170 Å². The molecule has 8 nitrogen and oxygen atoms in total. The molecule has 0 saturated carbocycles. The molecule has 0 aromatic heterocycles. The standard InChI is InChI=1S/C21H28N2O6/c1-4-5-19(24)22-13-6-9-17-15(10-13)21(26)23(2)16-8-7-14(11-20(25)27-3)29-18(16)12-28-17/h6,9-10,14,16,18H,4-5,7-8,11-12H2,1-3H3,(H,22,24)/t14-,16-,18-/m1/s1. The van der Waals surface area contributed by atoms with Crippen molar-refractivity contribution >= 4 is 23.5 Å². The number of nitrogens with one attached hydrogen (secondary N) is 1. The zero-order chi connectivity index (χ0) is 21.0. The van der Waals surface area contributed by atoms with Crippen LogP contribution in [0.2, 0.25) is 0 Å².